The van der Waals surface area contributed by atoms with Gasteiger partial charge in [0.2, 0.25) is 0 Å². The number of hydrogen-bond acceptors (Lipinski definition) is 3. The summed E-state index contributed by atoms with van der Waals surface area (Å²) in [6.07, 6.45) is 6.28. The predicted octanol–water partition coefficient (Wildman–Crippen LogP) is 3.32. The van der Waals surface area contributed by atoms with E-state index in [4.69, 9.17) is 4.99 Å². The Balaban J connectivity index is 1.53. The van der Waals surface area contributed by atoms with Crippen LogP contribution in [-0.2, 0) is 19.4 Å². The minimum absolute atomic E-state index is 0.666. The topological polar surface area (TPSA) is 58.3 Å². The van der Waals surface area contributed by atoms with Gasteiger partial charge in [-0.05, 0) is 37.7 Å². The highest BCUT2D eigenvalue weighted by atomic mass is 15.3. The Kier molecular flexibility index (Phi) is 7.85. The summed E-state index contributed by atoms with van der Waals surface area (Å²) in [5.41, 5.74) is 2.52. The van der Waals surface area contributed by atoms with Gasteiger partial charge in [0.15, 0.2) is 5.96 Å². The van der Waals surface area contributed by atoms with Crippen LogP contribution in [0.3, 0.4) is 0 Å². The number of nitrogens with zero attached hydrogens (tertiary/aromatic N) is 5. The number of aromatic nitrogens is 3. The number of aliphatic imine (C=N–C) groups is 1. The van der Waals surface area contributed by atoms with Crippen LogP contribution in [0.25, 0.3) is 0 Å². The SMILES string of the molecule is C=C(C)CN=C(NCCn1cnnc1CC)N1CCC(Cc2ccccc2)CC1. The van der Waals surface area contributed by atoms with Crippen molar-refractivity contribution in [1.82, 2.24) is 25.0 Å². The van der Waals surface area contributed by atoms with Gasteiger partial charge in [0, 0.05) is 32.6 Å². The Morgan fingerprint density at radius 3 is 2.69 bits per heavy atom. The van der Waals surface area contributed by atoms with E-state index in [1.54, 1.807) is 6.33 Å². The molecule has 6 heteroatoms. The maximum absolute atomic E-state index is 4.81. The van der Waals surface area contributed by atoms with Crippen molar-refractivity contribution in [2.75, 3.05) is 26.2 Å². The van der Waals surface area contributed by atoms with E-state index in [9.17, 15) is 0 Å². The Bertz CT molecular complexity index is 787. The summed E-state index contributed by atoms with van der Waals surface area (Å²) >= 11 is 0. The third kappa shape index (κ3) is 6.44. The molecule has 3 rings (SSSR count). The second kappa shape index (κ2) is 10.8. The molecule has 1 saturated heterocycles. The summed E-state index contributed by atoms with van der Waals surface area (Å²) in [6.45, 7) is 12.5. The Hall–Kier alpha value is -2.63. The Labute approximate surface area is 174 Å². The van der Waals surface area contributed by atoms with E-state index in [0.717, 1.165) is 55.9 Å². The molecule has 1 fully saturated rings. The molecule has 29 heavy (non-hydrogen) atoms. The molecular weight excluding hydrogens is 360 g/mol. The fourth-order valence-electron chi connectivity index (χ4n) is 3.80. The molecule has 1 aliphatic rings. The zero-order valence-electron chi connectivity index (χ0n) is 17.8. The number of rotatable bonds is 8. The van der Waals surface area contributed by atoms with Crippen molar-refractivity contribution in [3.8, 4) is 0 Å². The third-order valence-corrected chi connectivity index (χ3v) is 5.43. The van der Waals surface area contributed by atoms with Crippen LogP contribution in [0.2, 0.25) is 0 Å². The average Bonchev–Trinajstić information content (AvgIpc) is 3.19. The normalized spacial score (nSPS) is 15.5. The Morgan fingerprint density at radius 1 is 1.24 bits per heavy atom. The van der Waals surface area contributed by atoms with Crippen LogP contribution < -0.4 is 5.32 Å². The van der Waals surface area contributed by atoms with Gasteiger partial charge >= 0.3 is 0 Å². The van der Waals surface area contributed by atoms with Crippen LogP contribution in [0.1, 0.15) is 38.1 Å². The van der Waals surface area contributed by atoms with Gasteiger partial charge in [0.1, 0.15) is 12.2 Å². The van der Waals surface area contributed by atoms with Gasteiger partial charge in [-0.1, -0.05) is 49.4 Å². The Morgan fingerprint density at radius 2 is 2.00 bits per heavy atom. The van der Waals surface area contributed by atoms with E-state index in [1.165, 1.54) is 24.8 Å². The number of benzene rings is 1. The van der Waals surface area contributed by atoms with E-state index >= 15 is 0 Å². The number of likely N-dealkylation sites (tertiary alicyclic amines) is 1. The summed E-state index contributed by atoms with van der Waals surface area (Å²) in [6, 6.07) is 10.8. The molecule has 0 bridgehead atoms. The first-order valence-corrected chi connectivity index (χ1v) is 10.7. The van der Waals surface area contributed by atoms with Crippen LogP contribution in [-0.4, -0.2) is 51.8 Å². The second-order valence-electron chi connectivity index (χ2n) is 7.94. The lowest BCUT2D eigenvalue weighted by molar-refractivity contribution is 0.258. The monoisotopic (exact) mass is 394 g/mol. The molecule has 1 aliphatic heterocycles. The van der Waals surface area contributed by atoms with Gasteiger partial charge in [-0.15, -0.1) is 10.2 Å². The average molecular weight is 395 g/mol. The summed E-state index contributed by atoms with van der Waals surface area (Å²) in [5.74, 6) is 2.77. The molecule has 1 aromatic heterocycles. The van der Waals surface area contributed by atoms with Crippen LogP contribution in [0, 0.1) is 5.92 Å². The van der Waals surface area contributed by atoms with Gasteiger partial charge in [0.05, 0.1) is 6.54 Å². The van der Waals surface area contributed by atoms with Crippen molar-refractivity contribution in [3.63, 3.8) is 0 Å². The lowest BCUT2D eigenvalue weighted by Gasteiger charge is -2.34. The van der Waals surface area contributed by atoms with Crippen LogP contribution >= 0.6 is 0 Å². The largest absolute Gasteiger partial charge is 0.354 e. The highest BCUT2D eigenvalue weighted by Crippen LogP contribution is 2.21. The molecule has 0 aliphatic carbocycles. The number of piperidine rings is 1. The highest BCUT2D eigenvalue weighted by Gasteiger charge is 2.21. The van der Waals surface area contributed by atoms with E-state index in [2.05, 4.69) is 68.8 Å². The molecular formula is C23H34N6. The fourth-order valence-corrected chi connectivity index (χ4v) is 3.80. The summed E-state index contributed by atoms with van der Waals surface area (Å²) in [4.78, 5) is 7.21. The smallest absolute Gasteiger partial charge is 0.194 e. The quantitative estimate of drug-likeness (QED) is 0.424. The van der Waals surface area contributed by atoms with E-state index in [0.29, 0.717) is 6.54 Å². The molecule has 0 radical (unpaired) electrons. The zero-order valence-corrected chi connectivity index (χ0v) is 17.8. The summed E-state index contributed by atoms with van der Waals surface area (Å²) in [7, 11) is 0. The van der Waals surface area contributed by atoms with Gasteiger partial charge in [-0.25, -0.2) is 4.99 Å². The van der Waals surface area contributed by atoms with Crippen LogP contribution in [0.5, 0.6) is 0 Å². The fraction of sp³-hybridized carbons (Fsp3) is 0.522. The van der Waals surface area contributed by atoms with Crippen molar-refractivity contribution < 1.29 is 0 Å². The molecule has 2 heterocycles. The summed E-state index contributed by atoms with van der Waals surface area (Å²) < 4.78 is 2.11. The van der Waals surface area contributed by atoms with Crippen molar-refractivity contribution >= 4 is 5.96 Å². The number of aryl methyl sites for hydroxylation is 1. The lowest BCUT2D eigenvalue weighted by atomic mass is 9.90. The van der Waals surface area contributed by atoms with Gasteiger partial charge in [0.25, 0.3) is 0 Å². The standard InChI is InChI=1S/C23H34N6/c1-4-22-27-26-18-29(22)15-12-24-23(25-17-19(2)3)28-13-10-21(11-14-28)16-20-8-6-5-7-9-20/h5-9,18,21H,2,4,10-17H2,1,3H3,(H,24,25). The van der Waals surface area contributed by atoms with Crippen molar-refractivity contribution in [1.29, 1.82) is 0 Å². The first-order chi connectivity index (χ1) is 14.2. The van der Waals surface area contributed by atoms with E-state index in [-0.39, 0.29) is 0 Å². The second-order valence-corrected chi connectivity index (χ2v) is 7.94. The van der Waals surface area contributed by atoms with Crippen LogP contribution in [0.15, 0.2) is 53.8 Å². The molecule has 0 unspecified atom stereocenters. The summed E-state index contributed by atoms with van der Waals surface area (Å²) in [5, 5.41) is 11.7. The van der Waals surface area contributed by atoms with Crippen molar-refractivity contribution in [2.24, 2.45) is 10.9 Å². The molecule has 0 atom stereocenters. The zero-order chi connectivity index (χ0) is 20.5. The van der Waals surface area contributed by atoms with Crippen LogP contribution in [0.4, 0.5) is 0 Å². The van der Waals surface area contributed by atoms with E-state index in [1.807, 2.05) is 6.92 Å². The van der Waals surface area contributed by atoms with Gasteiger partial charge < -0.3 is 14.8 Å². The number of hydrogen-bond donors (Lipinski definition) is 1. The lowest BCUT2D eigenvalue weighted by Crippen LogP contribution is -2.46. The first kappa shape index (κ1) is 21.1. The van der Waals surface area contributed by atoms with Gasteiger partial charge in [-0.3, -0.25) is 0 Å². The molecule has 0 saturated carbocycles. The first-order valence-electron chi connectivity index (χ1n) is 10.7. The van der Waals surface area contributed by atoms with Crippen molar-refractivity contribution in [2.45, 2.75) is 46.1 Å². The molecule has 1 N–H and O–H groups in total. The maximum atomic E-state index is 4.81. The predicted molar refractivity (Wildman–Crippen MR) is 119 cm³/mol. The van der Waals surface area contributed by atoms with Crippen molar-refractivity contribution in [3.05, 3.63) is 60.2 Å². The molecule has 0 amide bonds. The molecule has 6 nitrogen and oxygen atoms in total. The molecule has 0 spiro atoms. The third-order valence-electron chi connectivity index (χ3n) is 5.43. The number of guanidine groups is 1. The molecule has 156 valence electrons. The highest BCUT2D eigenvalue weighted by molar-refractivity contribution is 5.80. The minimum Gasteiger partial charge on any atom is -0.354 e. The maximum Gasteiger partial charge on any atom is 0.194 e. The van der Waals surface area contributed by atoms with E-state index < -0.39 is 0 Å². The minimum atomic E-state index is 0.666. The molecule has 1 aromatic carbocycles. The number of nitrogens with one attached hydrogen (secondary N) is 1. The molecule has 2 aromatic rings. The van der Waals surface area contributed by atoms with Gasteiger partial charge in [-0.2, -0.15) is 0 Å².